The van der Waals surface area contributed by atoms with Crippen molar-refractivity contribution in [2.45, 2.75) is 19.1 Å². The van der Waals surface area contributed by atoms with E-state index >= 15 is 0 Å². The van der Waals surface area contributed by atoms with Gasteiger partial charge in [-0.3, -0.25) is 4.98 Å². The number of benzene rings is 1. The Morgan fingerprint density at radius 1 is 1.20 bits per heavy atom. The van der Waals surface area contributed by atoms with Gasteiger partial charge in [0.25, 0.3) is 0 Å². The highest BCUT2D eigenvalue weighted by Crippen LogP contribution is 2.31. The fraction of sp³-hybridized carbons (Fsp3) is 0.316. The normalized spacial score (nSPS) is 17.2. The highest BCUT2D eigenvalue weighted by Gasteiger charge is 2.31. The van der Waals surface area contributed by atoms with Crippen LogP contribution in [0, 0.1) is 17.3 Å². The van der Waals surface area contributed by atoms with Gasteiger partial charge in [-0.15, -0.1) is 0 Å². The van der Waals surface area contributed by atoms with Crippen molar-refractivity contribution >= 4 is 0 Å². The number of hydrogen-bond donors (Lipinski definition) is 1. The summed E-state index contributed by atoms with van der Waals surface area (Å²) in [5, 5.41) is 0. The van der Waals surface area contributed by atoms with Crippen molar-refractivity contribution in [1.82, 2.24) is 4.98 Å². The van der Waals surface area contributed by atoms with E-state index in [0.717, 1.165) is 12.1 Å². The quantitative estimate of drug-likeness (QED) is 0.846. The Kier molecular flexibility index (Phi) is 4.55. The van der Waals surface area contributed by atoms with E-state index in [2.05, 4.69) is 16.8 Å². The van der Waals surface area contributed by atoms with Gasteiger partial charge in [-0.1, -0.05) is 24.0 Å². The third-order valence-electron chi connectivity index (χ3n) is 4.07. The van der Waals surface area contributed by atoms with Crippen LogP contribution in [-0.4, -0.2) is 18.2 Å². The summed E-state index contributed by atoms with van der Waals surface area (Å²) in [4.78, 5) is 4.29. The topological polar surface area (TPSA) is 48.1 Å². The monoisotopic (exact) mass is 346 g/mol. The van der Waals surface area contributed by atoms with Crippen molar-refractivity contribution in [2.75, 3.05) is 13.2 Å². The van der Waals surface area contributed by atoms with Crippen LogP contribution in [0.5, 0.6) is 0 Å². The van der Waals surface area contributed by atoms with E-state index < -0.39 is 17.8 Å². The largest absolute Gasteiger partial charge is 0.416 e. The second-order valence-corrected chi connectivity index (χ2v) is 6.34. The minimum atomic E-state index is -4.37. The molecule has 0 bridgehead atoms. The van der Waals surface area contributed by atoms with E-state index in [0.29, 0.717) is 30.0 Å². The Morgan fingerprint density at radius 3 is 2.44 bits per heavy atom. The Hall–Kier alpha value is -2.36. The molecule has 1 aliphatic rings. The Bertz CT molecular complexity index is 815. The van der Waals surface area contributed by atoms with Crippen LogP contribution in [0.3, 0.4) is 0 Å². The fourth-order valence-corrected chi connectivity index (χ4v) is 2.51. The summed E-state index contributed by atoms with van der Waals surface area (Å²) >= 11 is 0. The minimum Gasteiger partial charge on any atom is -0.378 e. The standard InChI is InChI=1S/C19H17F3N2O/c1-18(11-25-12-18)9-8-14-3-2-10-24-17(14)16(23)13-4-6-15(7-5-13)19(20,21)22/h2-7,10,16H,11-12,23H2,1H3/t16-/m0/s1. The van der Waals surface area contributed by atoms with E-state index in [1.165, 1.54) is 12.1 Å². The summed E-state index contributed by atoms with van der Waals surface area (Å²) < 4.78 is 43.2. The van der Waals surface area contributed by atoms with Gasteiger partial charge in [0.2, 0.25) is 0 Å². The molecule has 0 radical (unpaired) electrons. The van der Waals surface area contributed by atoms with Crippen molar-refractivity contribution in [3.63, 3.8) is 0 Å². The maximum atomic E-state index is 12.7. The second kappa shape index (κ2) is 6.51. The lowest BCUT2D eigenvalue weighted by Gasteiger charge is -2.32. The van der Waals surface area contributed by atoms with Crippen molar-refractivity contribution in [1.29, 1.82) is 0 Å². The number of ether oxygens (including phenoxy) is 1. The molecule has 130 valence electrons. The molecule has 1 atom stereocenters. The van der Waals surface area contributed by atoms with Crippen molar-refractivity contribution in [2.24, 2.45) is 11.1 Å². The number of halogens is 3. The van der Waals surface area contributed by atoms with Gasteiger partial charge in [-0.25, -0.2) is 0 Å². The van der Waals surface area contributed by atoms with Crippen LogP contribution in [-0.2, 0) is 10.9 Å². The van der Waals surface area contributed by atoms with Crippen LogP contribution in [0.4, 0.5) is 13.2 Å². The first-order chi connectivity index (χ1) is 11.8. The van der Waals surface area contributed by atoms with Crippen LogP contribution >= 0.6 is 0 Å². The highest BCUT2D eigenvalue weighted by molar-refractivity contribution is 5.44. The molecule has 0 unspecified atom stereocenters. The predicted octanol–water partition coefficient (Wildman–Crippen LogP) is 3.54. The maximum absolute atomic E-state index is 12.7. The second-order valence-electron chi connectivity index (χ2n) is 6.34. The summed E-state index contributed by atoms with van der Waals surface area (Å²) in [5.74, 6) is 6.26. The zero-order chi connectivity index (χ0) is 18.1. The van der Waals surface area contributed by atoms with Crippen LogP contribution in [0.15, 0.2) is 42.6 Å². The molecule has 2 N–H and O–H groups in total. The maximum Gasteiger partial charge on any atom is 0.416 e. The zero-order valence-electron chi connectivity index (χ0n) is 13.6. The molecular weight excluding hydrogens is 329 g/mol. The first-order valence-electron chi connectivity index (χ1n) is 7.77. The first kappa shape index (κ1) is 17.5. The molecule has 2 aromatic rings. The average Bonchev–Trinajstić information content (AvgIpc) is 2.57. The molecule has 25 heavy (non-hydrogen) atoms. The highest BCUT2D eigenvalue weighted by atomic mass is 19.4. The van der Waals surface area contributed by atoms with E-state index in [4.69, 9.17) is 10.5 Å². The third-order valence-corrected chi connectivity index (χ3v) is 4.07. The number of alkyl halides is 3. The predicted molar refractivity (Wildman–Crippen MR) is 87.5 cm³/mol. The molecule has 1 aromatic heterocycles. The molecule has 0 aliphatic carbocycles. The Morgan fingerprint density at radius 2 is 1.88 bits per heavy atom. The number of aromatic nitrogens is 1. The minimum absolute atomic E-state index is 0.175. The van der Waals surface area contributed by atoms with Gasteiger partial charge < -0.3 is 10.5 Å². The Balaban J connectivity index is 1.88. The van der Waals surface area contributed by atoms with Crippen molar-refractivity contribution < 1.29 is 17.9 Å². The van der Waals surface area contributed by atoms with Crippen LogP contribution in [0.1, 0.15) is 35.3 Å². The lowest BCUT2D eigenvalue weighted by molar-refractivity contribution is -0.137. The number of hydrogen-bond acceptors (Lipinski definition) is 3. The molecular formula is C19H17F3N2O. The molecule has 2 heterocycles. The summed E-state index contributed by atoms with van der Waals surface area (Å²) in [6.45, 7) is 3.18. The van der Waals surface area contributed by atoms with Crippen molar-refractivity contribution in [3.05, 3.63) is 65.0 Å². The van der Waals surface area contributed by atoms with Gasteiger partial charge in [0.1, 0.15) is 0 Å². The van der Waals surface area contributed by atoms with E-state index in [1.807, 2.05) is 13.0 Å². The number of rotatable bonds is 2. The van der Waals surface area contributed by atoms with Crippen molar-refractivity contribution in [3.8, 4) is 11.8 Å². The zero-order valence-corrected chi connectivity index (χ0v) is 13.6. The number of nitrogens with two attached hydrogens (primary N) is 1. The molecule has 1 aromatic carbocycles. The molecule has 3 rings (SSSR count). The molecule has 3 nitrogen and oxygen atoms in total. The summed E-state index contributed by atoms with van der Waals surface area (Å²) in [7, 11) is 0. The van der Waals surface area contributed by atoms with Gasteiger partial charge in [0.15, 0.2) is 0 Å². The van der Waals surface area contributed by atoms with Gasteiger partial charge in [0, 0.05) is 11.8 Å². The van der Waals surface area contributed by atoms with Crippen LogP contribution < -0.4 is 5.73 Å². The van der Waals surface area contributed by atoms with Gasteiger partial charge in [-0.2, -0.15) is 13.2 Å². The fourth-order valence-electron chi connectivity index (χ4n) is 2.51. The summed E-state index contributed by atoms with van der Waals surface area (Å²) in [5.41, 5.74) is 7.10. The van der Waals surface area contributed by atoms with E-state index in [9.17, 15) is 13.2 Å². The van der Waals surface area contributed by atoms with Gasteiger partial charge in [-0.05, 0) is 36.8 Å². The average molecular weight is 346 g/mol. The smallest absolute Gasteiger partial charge is 0.378 e. The molecule has 0 spiro atoms. The van der Waals surface area contributed by atoms with Gasteiger partial charge in [0.05, 0.1) is 35.9 Å². The molecule has 0 amide bonds. The summed E-state index contributed by atoms with van der Waals surface area (Å²) in [6.07, 6.45) is -2.77. The number of pyridine rings is 1. The van der Waals surface area contributed by atoms with Crippen LogP contribution in [0.2, 0.25) is 0 Å². The third kappa shape index (κ3) is 3.84. The lowest BCUT2D eigenvalue weighted by Crippen LogP contribution is -2.38. The SMILES string of the molecule is CC1(C#Cc2cccnc2[C@@H](N)c2ccc(C(F)(F)F)cc2)COC1. The van der Waals surface area contributed by atoms with Gasteiger partial charge >= 0.3 is 6.18 Å². The molecule has 6 heteroatoms. The van der Waals surface area contributed by atoms with Crippen LogP contribution in [0.25, 0.3) is 0 Å². The molecule has 1 fully saturated rings. The number of nitrogens with zero attached hydrogens (tertiary/aromatic N) is 1. The summed E-state index contributed by atoms with van der Waals surface area (Å²) in [6, 6.07) is 7.71. The first-order valence-corrected chi connectivity index (χ1v) is 7.77. The molecule has 1 aliphatic heterocycles. The lowest BCUT2D eigenvalue weighted by atomic mass is 9.89. The van der Waals surface area contributed by atoms with E-state index in [-0.39, 0.29) is 5.41 Å². The Labute approximate surface area is 144 Å². The van der Waals surface area contributed by atoms with E-state index in [1.54, 1.807) is 12.3 Å². The molecule has 1 saturated heterocycles. The molecule has 0 saturated carbocycles.